The van der Waals surface area contributed by atoms with Crippen LogP contribution in [-0.4, -0.2) is 19.5 Å². The Bertz CT molecular complexity index is 3100. The fraction of sp³-hybridized carbons (Fsp3) is 0. The molecule has 0 aliphatic carbocycles. The largest absolute Gasteiger partial charge is 0.456 e. The number of benzene rings is 7. The van der Waals surface area contributed by atoms with Crippen LogP contribution in [0.25, 0.3) is 104 Å². The highest BCUT2D eigenvalue weighted by molar-refractivity contribution is 7.26. The van der Waals surface area contributed by atoms with E-state index >= 15 is 0 Å². The molecule has 0 amide bonds. The van der Waals surface area contributed by atoms with Crippen molar-refractivity contribution in [1.29, 1.82) is 0 Å². The molecular weight excluding hydrogens is 645 g/mol. The van der Waals surface area contributed by atoms with E-state index in [1.807, 2.05) is 54.6 Å². The molecule has 0 saturated carbocycles. The van der Waals surface area contributed by atoms with E-state index in [4.69, 9.17) is 19.4 Å². The minimum absolute atomic E-state index is 0.602. The summed E-state index contributed by atoms with van der Waals surface area (Å²) >= 11 is 1.78. The van der Waals surface area contributed by atoms with E-state index in [0.29, 0.717) is 17.5 Å². The van der Waals surface area contributed by atoms with Crippen molar-refractivity contribution in [3.05, 3.63) is 158 Å². The van der Waals surface area contributed by atoms with E-state index in [1.54, 1.807) is 11.3 Å². The first kappa shape index (κ1) is 28.2. The molecular formula is C45H26N4OS. The van der Waals surface area contributed by atoms with Crippen LogP contribution in [0.1, 0.15) is 0 Å². The van der Waals surface area contributed by atoms with Gasteiger partial charge in [-0.1, -0.05) is 109 Å². The van der Waals surface area contributed by atoms with Crippen LogP contribution in [-0.2, 0) is 0 Å². The molecule has 11 aromatic rings. The van der Waals surface area contributed by atoms with Crippen LogP contribution in [0.15, 0.2) is 162 Å². The van der Waals surface area contributed by atoms with Gasteiger partial charge in [0.1, 0.15) is 11.2 Å². The SMILES string of the molecule is c1ccc(-c2nc(-c3ccc4c(c3)oc3ccccc34)nc(-c3cccc4c3sc3cccc(-n5c6ccccc6c6ccccc65)c34)n2)cc1. The second-order valence-corrected chi connectivity index (χ2v) is 13.8. The van der Waals surface area contributed by atoms with Gasteiger partial charge in [0.2, 0.25) is 0 Å². The molecule has 11 rings (SSSR count). The topological polar surface area (TPSA) is 56.7 Å². The summed E-state index contributed by atoms with van der Waals surface area (Å²) in [5.74, 6) is 1.87. The zero-order valence-electron chi connectivity index (χ0n) is 27.1. The van der Waals surface area contributed by atoms with Gasteiger partial charge in [0.25, 0.3) is 0 Å². The highest BCUT2D eigenvalue weighted by atomic mass is 32.1. The molecule has 0 aliphatic heterocycles. The molecule has 0 saturated heterocycles. The summed E-state index contributed by atoms with van der Waals surface area (Å²) in [7, 11) is 0. The number of fused-ring (bicyclic) bond motifs is 9. The molecule has 0 fully saturated rings. The van der Waals surface area contributed by atoms with Crippen molar-refractivity contribution in [1.82, 2.24) is 19.5 Å². The van der Waals surface area contributed by atoms with Crippen molar-refractivity contribution >= 4 is 75.3 Å². The lowest BCUT2D eigenvalue weighted by Gasteiger charge is -2.11. The molecule has 0 bridgehead atoms. The van der Waals surface area contributed by atoms with Gasteiger partial charge in [-0.2, -0.15) is 0 Å². The molecule has 0 atom stereocenters. The van der Waals surface area contributed by atoms with Crippen LogP contribution in [0.2, 0.25) is 0 Å². The molecule has 0 unspecified atom stereocenters. The lowest BCUT2D eigenvalue weighted by atomic mass is 10.1. The fourth-order valence-electron chi connectivity index (χ4n) is 7.58. The number of hydrogen-bond acceptors (Lipinski definition) is 5. The number of rotatable bonds is 4. The van der Waals surface area contributed by atoms with Crippen LogP contribution in [0, 0.1) is 0 Å². The third-order valence-corrected chi connectivity index (χ3v) is 11.1. The molecule has 0 spiro atoms. The number of hydrogen-bond donors (Lipinski definition) is 0. The monoisotopic (exact) mass is 670 g/mol. The van der Waals surface area contributed by atoms with Crippen molar-refractivity contribution in [2.24, 2.45) is 0 Å². The number of para-hydroxylation sites is 3. The van der Waals surface area contributed by atoms with Crippen molar-refractivity contribution in [2.75, 3.05) is 0 Å². The normalized spacial score (nSPS) is 11.9. The smallest absolute Gasteiger partial charge is 0.165 e. The standard InChI is InChI=1S/C45H26N4OS/c1-2-12-27(13-3-1)43-46-44(28-24-25-32-31-16-6-9-22-38(31)50-39(32)26-28)48-45(47-43)34-18-10-17-33-41-37(21-11-23-40(41)51-42(33)34)49-35-19-7-4-14-29(35)30-15-5-8-20-36(30)49/h1-26H. The Morgan fingerprint density at radius 2 is 1.08 bits per heavy atom. The molecule has 7 aromatic carbocycles. The highest BCUT2D eigenvalue weighted by Crippen LogP contribution is 2.44. The van der Waals surface area contributed by atoms with Gasteiger partial charge >= 0.3 is 0 Å². The summed E-state index contributed by atoms with van der Waals surface area (Å²) < 4.78 is 11.0. The van der Waals surface area contributed by atoms with Gasteiger partial charge in [0.05, 0.1) is 16.7 Å². The first-order valence-electron chi connectivity index (χ1n) is 16.9. The van der Waals surface area contributed by atoms with Crippen LogP contribution in [0.5, 0.6) is 0 Å². The Balaban J connectivity index is 1.15. The van der Waals surface area contributed by atoms with Crippen LogP contribution >= 0.6 is 11.3 Å². The third kappa shape index (κ3) is 4.30. The fourth-order valence-corrected chi connectivity index (χ4v) is 8.81. The van der Waals surface area contributed by atoms with Gasteiger partial charge in [-0.15, -0.1) is 11.3 Å². The molecule has 51 heavy (non-hydrogen) atoms. The third-order valence-electron chi connectivity index (χ3n) is 9.87. The van der Waals surface area contributed by atoms with E-state index in [0.717, 1.165) is 49.0 Å². The minimum Gasteiger partial charge on any atom is -0.456 e. The molecule has 0 aliphatic rings. The summed E-state index contributed by atoms with van der Waals surface area (Å²) in [4.78, 5) is 15.3. The molecule has 0 radical (unpaired) electrons. The molecule has 0 N–H and O–H groups in total. The number of thiophene rings is 1. The van der Waals surface area contributed by atoms with Gasteiger partial charge in [0, 0.05) is 58.4 Å². The van der Waals surface area contributed by atoms with Crippen molar-refractivity contribution in [3.8, 4) is 39.9 Å². The molecule has 4 heterocycles. The zero-order chi connectivity index (χ0) is 33.5. The van der Waals surface area contributed by atoms with E-state index in [1.165, 1.54) is 37.3 Å². The Labute approximate surface area is 295 Å². The van der Waals surface area contributed by atoms with E-state index in [9.17, 15) is 0 Å². The number of aromatic nitrogens is 4. The van der Waals surface area contributed by atoms with Crippen LogP contribution in [0.3, 0.4) is 0 Å². The van der Waals surface area contributed by atoms with Crippen LogP contribution < -0.4 is 0 Å². The molecule has 5 nitrogen and oxygen atoms in total. The minimum atomic E-state index is 0.602. The number of nitrogens with zero attached hydrogens (tertiary/aromatic N) is 4. The zero-order valence-corrected chi connectivity index (χ0v) is 27.9. The van der Waals surface area contributed by atoms with E-state index in [2.05, 4.69) is 108 Å². The quantitative estimate of drug-likeness (QED) is 0.187. The Hall–Kier alpha value is -6.63. The van der Waals surface area contributed by atoms with Gasteiger partial charge < -0.3 is 8.98 Å². The molecule has 238 valence electrons. The average Bonchev–Trinajstić information content (AvgIpc) is 3.87. The maximum Gasteiger partial charge on any atom is 0.165 e. The van der Waals surface area contributed by atoms with Crippen molar-refractivity contribution in [2.45, 2.75) is 0 Å². The van der Waals surface area contributed by atoms with Crippen molar-refractivity contribution in [3.63, 3.8) is 0 Å². The van der Waals surface area contributed by atoms with Crippen molar-refractivity contribution < 1.29 is 4.42 Å². The highest BCUT2D eigenvalue weighted by Gasteiger charge is 2.20. The lowest BCUT2D eigenvalue weighted by molar-refractivity contribution is 0.669. The van der Waals surface area contributed by atoms with Gasteiger partial charge in [-0.3, -0.25) is 0 Å². The predicted octanol–water partition coefficient (Wildman–Crippen LogP) is 12.2. The Morgan fingerprint density at radius 1 is 0.451 bits per heavy atom. The van der Waals surface area contributed by atoms with Gasteiger partial charge in [-0.05, 0) is 48.5 Å². The van der Waals surface area contributed by atoms with Gasteiger partial charge in [-0.25, -0.2) is 15.0 Å². The van der Waals surface area contributed by atoms with E-state index < -0.39 is 0 Å². The maximum atomic E-state index is 6.26. The van der Waals surface area contributed by atoms with E-state index in [-0.39, 0.29) is 0 Å². The first-order chi connectivity index (χ1) is 25.3. The Morgan fingerprint density at radius 3 is 1.88 bits per heavy atom. The van der Waals surface area contributed by atoms with Crippen LogP contribution in [0.4, 0.5) is 0 Å². The van der Waals surface area contributed by atoms with Gasteiger partial charge in [0.15, 0.2) is 17.5 Å². The summed E-state index contributed by atoms with van der Waals surface area (Å²) in [5, 5.41) is 7.06. The second-order valence-electron chi connectivity index (χ2n) is 12.8. The molecule has 4 aromatic heterocycles. The maximum absolute atomic E-state index is 6.26. The second kappa shape index (κ2) is 10.9. The summed E-state index contributed by atoms with van der Waals surface area (Å²) in [6, 6.07) is 54.9. The lowest BCUT2D eigenvalue weighted by Crippen LogP contribution is -2.00. The summed E-state index contributed by atoms with van der Waals surface area (Å²) in [5.41, 5.74) is 8.00. The Kier molecular flexibility index (Phi) is 6.05. The number of furan rings is 1. The average molecular weight is 671 g/mol. The summed E-state index contributed by atoms with van der Waals surface area (Å²) in [6.07, 6.45) is 0. The first-order valence-corrected chi connectivity index (χ1v) is 17.8. The predicted molar refractivity (Wildman–Crippen MR) is 211 cm³/mol. The molecule has 6 heteroatoms. The summed E-state index contributed by atoms with van der Waals surface area (Å²) in [6.45, 7) is 0.